The molecule has 0 heterocycles. The SMILES string of the molecule is C[C@H](C(=O)Nc1ccccc1[N+](=O)[O-])N(C)CC(=O)N(C)C. The van der Waals surface area contributed by atoms with Crippen LogP contribution in [-0.4, -0.2) is 60.3 Å². The van der Waals surface area contributed by atoms with E-state index in [4.69, 9.17) is 0 Å². The summed E-state index contributed by atoms with van der Waals surface area (Å²) in [5.74, 6) is -0.545. The van der Waals surface area contributed by atoms with Crippen LogP contribution in [0.3, 0.4) is 0 Å². The minimum atomic E-state index is -0.608. The van der Waals surface area contributed by atoms with Crippen LogP contribution in [-0.2, 0) is 9.59 Å². The van der Waals surface area contributed by atoms with Gasteiger partial charge in [0.2, 0.25) is 11.8 Å². The van der Waals surface area contributed by atoms with Crippen molar-refractivity contribution in [1.82, 2.24) is 9.80 Å². The molecule has 1 aromatic rings. The molecule has 0 aliphatic heterocycles. The number of hydrogen-bond acceptors (Lipinski definition) is 5. The van der Waals surface area contributed by atoms with Crippen molar-refractivity contribution in [3.63, 3.8) is 0 Å². The molecule has 8 nitrogen and oxygen atoms in total. The maximum Gasteiger partial charge on any atom is 0.292 e. The van der Waals surface area contributed by atoms with Crippen LogP contribution in [0.5, 0.6) is 0 Å². The number of nitrogens with one attached hydrogen (secondary N) is 1. The molecule has 1 aromatic carbocycles. The first kappa shape index (κ1) is 17.6. The average molecular weight is 308 g/mol. The largest absolute Gasteiger partial charge is 0.348 e. The Morgan fingerprint density at radius 3 is 2.41 bits per heavy atom. The first-order valence-corrected chi connectivity index (χ1v) is 6.68. The number of benzene rings is 1. The molecule has 1 N–H and O–H groups in total. The van der Waals surface area contributed by atoms with Gasteiger partial charge >= 0.3 is 0 Å². The monoisotopic (exact) mass is 308 g/mol. The highest BCUT2D eigenvalue weighted by Gasteiger charge is 2.23. The molecule has 120 valence electrons. The van der Waals surface area contributed by atoms with E-state index in [1.54, 1.807) is 39.0 Å². The third-order valence-corrected chi connectivity index (χ3v) is 3.28. The quantitative estimate of drug-likeness (QED) is 0.623. The Bertz CT molecular complexity index is 574. The van der Waals surface area contributed by atoms with Crippen LogP contribution in [0.15, 0.2) is 24.3 Å². The molecule has 0 bridgehead atoms. The molecule has 22 heavy (non-hydrogen) atoms. The molecular formula is C14H20N4O4. The molecule has 0 aromatic heterocycles. The number of anilines is 1. The van der Waals surface area contributed by atoms with E-state index in [9.17, 15) is 19.7 Å². The second-order valence-electron chi connectivity index (χ2n) is 5.14. The van der Waals surface area contributed by atoms with E-state index in [1.165, 1.54) is 23.1 Å². The lowest BCUT2D eigenvalue weighted by Gasteiger charge is -2.24. The number of rotatable bonds is 6. The molecule has 2 amide bonds. The third-order valence-electron chi connectivity index (χ3n) is 3.28. The summed E-state index contributed by atoms with van der Waals surface area (Å²) in [6.07, 6.45) is 0. The number of nitrogens with zero attached hydrogens (tertiary/aromatic N) is 3. The van der Waals surface area contributed by atoms with Gasteiger partial charge in [-0.3, -0.25) is 24.6 Å². The van der Waals surface area contributed by atoms with Gasteiger partial charge in [-0.2, -0.15) is 0 Å². The van der Waals surface area contributed by atoms with Crippen molar-refractivity contribution in [3.8, 4) is 0 Å². The standard InChI is InChI=1S/C14H20N4O4/c1-10(17(4)9-13(19)16(2)3)14(20)15-11-7-5-6-8-12(11)18(21)22/h5-8,10H,9H2,1-4H3,(H,15,20)/t10-/m1/s1. The molecule has 0 unspecified atom stereocenters. The Kier molecular flexibility index (Phi) is 6.00. The van der Waals surface area contributed by atoms with Crippen molar-refractivity contribution in [2.24, 2.45) is 0 Å². The van der Waals surface area contributed by atoms with Crippen LogP contribution in [0.2, 0.25) is 0 Å². The number of amides is 2. The van der Waals surface area contributed by atoms with Crippen LogP contribution in [0, 0.1) is 10.1 Å². The smallest absolute Gasteiger partial charge is 0.292 e. The van der Waals surface area contributed by atoms with Gasteiger partial charge in [0.15, 0.2) is 0 Å². The van der Waals surface area contributed by atoms with Crippen molar-refractivity contribution >= 4 is 23.2 Å². The average Bonchev–Trinajstić information content (AvgIpc) is 2.46. The van der Waals surface area contributed by atoms with E-state index in [-0.39, 0.29) is 23.8 Å². The van der Waals surface area contributed by atoms with Crippen LogP contribution >= 0.6 is 0 Å². The molecule has 0 aliphatic carbocycles. The molecule has 0 saturated heterocycles. The molecule has 0 saturated carbocycles. The van der Waals surface area contributed by atoms with Crippen LogP contribution in [0.1, 0.15) is 6.92 Å². The summed E-state index contributed by atoms with van der Waals surface area (Å²) in [6.45, 7) is 1.71. The van der Waals surface area contributed by atoms with E-state index >= 15 is 0 Å². The second-order valence-corrected chi connectivity index (χ2v) is 5.14. The third kappa shape index (κ3) is 4.52. The number of carbonyl (C=O) groups is 2. The number of carbonyl (C=O) groups excluding carboxylic acids is 2. The molecule has 0 radical (unpaired) electrons. The maximum atomic E-state index is 12.2. The van der Waals surface area contributed by atoms with E-state index in [1.807, 2.05) is 0 Å². The Balaban J connectivity index is 2.76. The lowest BCUT2D eigenvalue weighted by atomic mass is 10.2. The second kappa shape index (κ2) is 7.51. The Morgan fingerprint density at radius 2 is 1.86 bits per heavy atom. The zero-order chi connectivity index (χ0) is 16.9. The summed E-state index contributed by atoms with van der Waals surface area (Å²) < 4.78 is 0. The summed E-state index contributed by atoms with van der Waals surface area (Å²) in [4.78, 5) is 37.2. The Labute approximate surface area is 128 Å². The zero-order valence-corrected chi connectivity index (χ0v) is 13.1. The van der Waals surface area contributed by atoms with Gasteiger partial charge in [-0.25, -0.2) is 0 Å². The molecule has 1 atom stereocenters. The first-order chi connectivity index (χ1) is 10.2. The van der Waals surface area contributed by atoms with Crippen LogP contribution in [0.25, 0.3) is 0 Å². The van der Waals surface area contributed by atoms with Crippen molar-refractivity contribution in [2.75, 3.05) is 33.0 Å². The molecule has 0 fully saturated rings. The van der Waals surface area contributed by atoms with Gasteiger partial charge in [0.05, 0.1) is 17.5 Å². The molecule has 0 spiro atoms. The minimum Gasteiger partial charge on any atom is -0.348 e. The van der Waals surface area contributed by atoms with Gasteiger partial charge in [0.1, 0.15) is 5.69 Å². The number of nitro groups is 1. The predicted molar refractivity (Wildman–Crippen MR) is 82.5 cm³/mol. The van der Waals surface area contributed by atoms with E-state index in [0.29, 0.717) is 0 Å². The highest BCUT2D eigenvalue weighted by molar-refractivity contribution is 5.96. The first-order valence-electron chi connectivity index (χ1n) is 6.68. The summed E-state index contributed by atoms with van der Waals surface area (Å²) in [5.41, 5.74) is -0.0354. The summed E-state index contributed by atoms with van der Waals surface area (Å²) in [7, 11) is 4.91. The fourth-order valence-electron chi connectivity index (χ4n) is 1.67. The highest BCUT2D eigenvalue weighted by atomic mass is 16.6. The van der Waals surface area contributed by atoms with Crippen molar-refractivity contribution in [1.29, 1.82) is 0 Å². The van der Waals surface area contributed by atoms with Crippen molar-refractivity contribution in [2.45, 2.75) is 13.0 Å². The predicted octanol–water partition coefficient (Wildman–Crippen LogP) is 0.942. The van der Waals surface area contributed by atoms with Crippen LogP contribution in [0.4, 0.5) is 11.4 Å². The minimum absolute atomic E-state index is 0.0818. The van der Waals surface area contributed by atoms with E-state index in [0.717, 1.165) is 0 Å². The highest BCUT2D eigenvalue weighted by Crippen LogP contribution is 2.23. The fourth-order valence-corrected chi connectivity index (χ4v) is 1.67. The van der Waals surface area contributed by atoms with E-state index in [2.05, 4.69) is 5.32 Å². The molecule has 0 aliphatic rings. The van der Waals surface area contributed by atoms with Gasteiger partial charge in [-0.15, -0.1) is 0 Å². The van der Waals surface area contributed by atoms with Gasteiger partial charge in [-0.05, 0) is 20.0 Å². The van der Waals surface area contributed by atoms with Gasteiger partial charge < -0.3 is 10.2 Å². The summed E-state index contributed by atoms with van der Waals surface area (Å²) >= 11 is 0. The molecule has 8 heteroatoms. The topological polar surface area (TPSA) is 95.8 Å². The number of hydrogen-bond donors (Lipinski definition) is 1. The summed E-state index contributed by atoms with van der Waals surface area (Å²) in [6, 6.07) is 5.31. The van der Waals surface area contributed by atoms with Gasteiger partial charge in [0.25, 0.3) is 5.69 Å². The zero-order valence-electron chi connectivity index (χ0n) is 13.1. The van der Waals surface area contributed by atoms with Gasteiger partial charge in [-0.1, -0.05) is 12.1 Å². The number of likely N-dealkylation sites (N-methyl/N-ethyl adjacent to an activating group) is 2. The molecule has 1 rings (SSSR count). The van der Waals surface area contributed by atoms with Crippen molar-refractivity contribution < 1.29 is 14.5 Å². The molecular weight excluding hydrogens is 288 g/mol. The lowest BCUT2D eigenvalue weighted by Crippen LogP contribution is -2.44. The van der Waals surface area contributed by atoms with E-state index < -0.39 is 16.9 Å². The Morgan fingerprint density at radius 1 is 1.27 bits per heavy atom. The summed E-state index contributed by atoms with van der Waals surface area (Å²) in [5, 5.41) is 13.4. The van der Waals surface area contributed by atoms with Crippen molar-refractivity contribution in [3.05, 3.63) is 34.4 Å². The van der Waals surface area contributed by atoms with Gasteiger partial charge in [0, 0.05) is 20.2 Å². The number of nitro benzene ring substituents is 1. The maximum absolute atomic E-state index is 12.2. The normalized spacial score (nSPS) is 11.9. The fraction of sp³-hybridized carbons (Fsp3) is 0.429. The number of para-hydroxylation sites is 2. The lowest BCUT2D eigenvalue weighted by molar-refractivity contribution is -0.383. The van der Waals surface area contributed by atoms with Crippen LogP contribution < -0.4 is 5.32 Å². The Hall–Kier alpha value is -2.48.